The first kappa shape index (κ1) is 9.21. The van der Waals surface area contributed by atoms with Crippen molar-refractivity contribution < 1.29 is 4.79 Å². The molecule has 0 aromatic heterocycles. The Labute approximate surface area is 62.3 Å². The number of rotatable bonds is 4. The first-order valence-corrected chi connectivity index (χ1v) is 3.69. The summed E-state index contributed by atoms with van der Waals surface area (Å²) < 4.78 is 0. The molecule has 0 aliphatic heterocycles. The van der Waals surface area contributed by atoms with Crippen LogP contribution in [0.25, 0.3) is 0 Å². The third kappa shape index (κ3) is 5.35. The van der Waals surface area contributed by atoms with E-state index in [1.165, 1.54) is 0 Å². The molecule has 10 heavy (non-hydrogen) atoms. The van der Waals surface area contributed by atoms with Crippen LogP contribution in [-0.4, -0.2) is 12.5 Å². The molecule has 0 saturated heterocycles. The second-order valence-electron chi connectivity index (χ2n) is 2.06. The van der Waals surface area contributed by atoms with E-state index in [-0.39, 0.29) is 5.91 Å². The lowest BCUT2D eigenvalue weighted by Crippen LogP contribution is -2.22. The highest BCUT2D eigenvalue weighted by Gasteiger charge is 1.91. The van der Waals surface area contributed by atoms with Gasteiger partial charge in [0.25, 0.3) is 0 Å². The van der Waals surface area contributed by atoms with Crippen molar-refractivity contribution in [2.75, 3.05) is 6.54 Å². The molecule has 0 rings (SSSR count). The Morgan fingerprint density at radius 3 is 2.80 bits per heavy atom. The maximum atomic E-state index is 10.6. The van der Waals surface area contributed by atoms with Crippen LogP contribution in [0, 0.1) is 0 Å². The molecule has 0 fully saturated rings. The smallest absolute Gasteiger partial charge is 0.219 e. The van der Waals surface area contributed by atoms with Crippen LogP contribution in [0.4, 0.5) is 0 Å². The van der Waals surface area contributed by atoms with Crippen molar-refractivity contribution in [3.63, 3.8) is 0 Å². The number of hydrogen-bond donors (Lipinski definition) is 1. The highest BCUT2D eigenvalue weighted by atomic mass is 16.1. The van der Waals surface area contributed by atoms with Crippen molar-refractivity contribution >= 4 is 5.91 Å². The van der Waals surface area contributed by atoms with E-state index in [0.717, 1.165) is 13.0 Å². The monoisotopic (exact) mass is 141 g/mol. The minimum Gasteiger partial charge on any atom is -0.356 e. The van der Waals surface area contributed by atoms with Crippen LogP contribution in [0.15, 0.2) is 12.2 Å². The van der Waals surface area contributed by atoms with Crippen molar-refractivity contribution in [2.24, 2.45) is 0 Å². The molecule has 58 valence electrons. The van der Waals surface area contributed by atoms with E-state index in [9.17, 15) is 4.79 Å². The Morgan fingerprint density at radius 2 is 2.30 bits per heavy atom. The zero-order valence-electron chi connectivity index (χ0n) is 6.68. The average Bonchev–Trinajstić information content (AvgIpc) is 1.98. The summed E-state index contributed by atoms with van der Waals surface area (Å²) in [4.78, 5) is 10.6. The standard InChI is InChI=1S/C8H15NO/c1-3-5-6-7-9-8(10)4-2/h3,5H,4,6-7H2,1-2H3,(H,9,10)/b5-3+. The van der Waals surface area contributed by atoms with Crippen molar-refractivity contribution in [2.45, 2.75) is 26.7 Å². The fourth-order valence-corrected chi connectivity index (χ4v) is 0.587. The molecule has 0 bridgehead atoms. The molecule has 0 radical (unpaired) electrons. The highest BCUT2D eigenvalue weighted by molar-refractivity contribution is 5.75. The van der Waals surface area contributed by atoms with Crippen molar-refractivity contribution in [3.8, 4) is 0 Å². The molecule has 0 atom stereocenters. The van der Waals surface area contributed by atoms with Crippen LogP contribution >= 0.6 is 0 Å². The van der Waals surface area contributed by atoms with Gasteiger partial charge >= 0.3 is 0 Å². The predicted molar refractivity (Wildman–Crippen MR) is 42.7 cm³/mol. The molecular weight excluding hydrogens is 126 g/mol. The molecule has 0 aliphatic rings. The number of hydrogen-bond acceptors (Lipinski definition) is 1. The van der Waals surface area contributed by atoms with Gasteiger partial charge in [0, 0.05) is 13.0 Å². The minimum atomic E-state index is 0.129. The van der Waals surface area contributed by atoms with Crippen molar-refractivity contribution in [1.82, 2.24) is 5.32 Å². The molecule has 0 aromatic carbocycles. The van der Waals surface area contributed by atoms with E-state index < -0.39 is 0 Å². The molecule has 2 nitrogen and oxygen atoms in total. The van der Waals surface area contributed by atoms with E-state index in [2.05, 4.69) is 5.32 Å². The van der Waals surface area contributed by atoms with Gasteiger partial charge < -0.3 is 5.32 Å². The molecule has 0 saturated carbocycles. The summed E-state index contributed by atoms with van der Waals surface area (Å²) in [5, 5.41) is 2.78. The Kier molecular flexibility index (Phi) is 5.83. The summed E-state index contributed by atoms with van der Waals surface area (Å²) in [7, 11) is 0. The van der Waals surface area contributed by atoms with Crippen molar-refractivity contribution in [3.05, 3.63) is 12.2 Å². The first-order chi connectivity index (χ1) is 4.81. The maximum Gasteiger partial charge on any atom is 0.219 e. The van der Waals surface area contributed by atoms with Gasteiger partial charge in [-0.1, -0.05) is 19.1 Å². The molecule has 1 amide bonds. The summed E-state index contributed by atoms with van der Waals surface area (Å²) in [6.45, 7) is 4.59. The van der Waals surface area contributed by atoms with Crippen LogP contribution in [-0.2, 0) is 4.79 Å². The third-order valence-corrected chi connectivity index (χ3v) is 1.19. The van der Waals surface area contributed by atoms with Crippen LogP contribution in [0.5, 0.6) is 0 Å². The summed E-state index contributed by atoms with van der Waals surface area (Å²) in [6.07, 6.45) is 5.53. The van der Waals surface area contributed by atoms with Crippen LogP contribution < -0.4 is 5.32 Å². The molecule has 0 aromatic rings. The lowest BCUT2D eigenvalue weighted by atomic mass is 10.3. The predicted octanol–water partition coefficient (Wildman–Crippen LogP) is 1.48. The lowest BCUT2D eigenvalue weighted by molar-refractivity contribution is -0.120. The second kappa shape index (κ2) is 6.33. The van der Waals surface area contributed by atoms with Gasteiger partial charge in [-0.3, -0.25) is 4.79 Å². The summed E-state index contributed by atoms with van der Waals surface area (Å²) >= 11 is 0. The molecule has 0 spiro atoms. The number of amides is 1. The molecular formula is C8H15NO. The molecule has 0 unspecified atom stereocenters. The Morgan fingerprint density at radius 1 is 1.60 bits per heavy atom. The van der Waals surface area contributed by atoms with E-state index in [1.807, 2.05) is 26.0 Å². The van der Waals surface area contributed by atoms with Crippen LogP contribution in [0.1, 0.15) is 26.7 Å². The number of carbonyl (C=O) groups excluding carboxylic acids is 1. The Balaban J connectivity index is 3.11. The molecule has 0 heterocycles. The first-order valence-electron chi connectivity index (χ1n) is 3.69. The SMILES string of the molecule is C/C=C/CCNC(=O)CC. The van der Waals surface area contributed by atoms with E-state index in [0.29, 0.717) is 6.42 Å². The Hall–Kier alpha value is -0.790. The largest absolute Gasteiger partial charge is 0.356 e. The van der Waals surface area contributed by atoms with E-state index in [1.54, 1.807) is 0 Å². The summed E-state index contributed by atoms with van der Waals surface area (Å²) in [6, 6.07) is 0. The van der Waals surface area contributed by atoms with Crippen molar-refractivity contribution in [1.29, 1.82) is 0 Å². The topological polar surface area (TPSA) is 29.1 Å². The van der Waals surface area contributed by atoms with Gasteiger partial charge in [0.1, 0.15) is 0 Å². The number of allylic oxidation sites excluding steroid dienone is 1. The van der Waals surface area contributed by atoms with Gasteiger partial charge in [-0.2, -0.15) is 0 Å². The van der Waals surface area contributed by atoms with Crippen LogP contribution in [0.3, 0.4) is 0 Å². The van der Waals surface area contributed by atoms with Crippen LogP contribution in [0.2, 0.25) is 0 Å². The third-order valence-electron chi connectivity index (χ3n) is 1.19. The quantitative estimate of drug-likeness (QED) is 0.466. The highest BCUT2D eigenvalue weighted by Crippen LogP contribution is 1.80. The second-order valence-corrected chi connectivity index (χ2v) is 2.06. The average molecular weight is 141 g/mol. The molecule has 2 heteroatoms. The van der Waals surface area contributed by atoms with Gasteiger partial charge in [0.05, 0.1) is 0 Å². The van der Waals surface area contributed by atoms with Gasteiger partial charge in [0.15, 0.2) is 0 Å². The normalized spacial score (nSPS) is 10.2. The summed E-state index contributed by atoms with van der Waals surface area (Å²) in [5.41, 5.74) is 0. The number of carbonyl (C=O) groups is 1. The fraction of sp³-hybridized carbons (Fsp3) is 0.625. The van der Waals surface area contributed by atoms with E-state index >= 15 is 0 Å². The van der Waals surface area contributed by atoms with Gasteiger partial charge in [-0.05, 0) is 13.3 Å². The zero-order chi connectivity index (χ0) is 7.82. The van der Waals surface area contributed by atoms with Gasteiger partial charge in [0.2, 0.25) is 5.91 Å². The fourth-order valence-electron chi connectivity index (χ4n) is 0.587. The van der Waals surface area contributed by atoms with E-state index in [4.69, 9.17) is 0 Å². The lowest BCUT2D eigenvalue weighted by Gasteiger charge is -1.98. The summed E-state index contributed by atoms with van der Waals surface area (Å²) in [5.74, 6) is 0.129. The zero-order valence-corrected chi connectivity index (χ0v) is 6.68. The minimum absolute atomic E-state index is 0.129. The molecule has 0 aliphatic carbocycles. The number of nitrogens with one attached hydrogen (secondary N) is 1. The van der Waals surface area contributed by atoms with Gasteiger partial charge in [-0.15, -0.1) is 0 Å². The Bertz CT molecular complexity index is 118. The maximum absolute atomic E-state index is 10.6. The van der Waals surface area contributed by atoms with Gasteiger partial charge in [-0.25, -0.2) is 0 Å². The molecule has 1 N–H and O–H groups in total.